The largest absolute Gasteiger partial charge is 0.339 e. The Kier molecular flexibility index (Phi) is 5.24. The fourth-order valence-electron chi connectivity index (χ4n) is 4.67. The van der Waals surface area contributed by atoms with Crippen LogP contribution in [0.2, 0.25) is 0 Å². The second-order valence-electron chi connectivity index (χ2n) is 9.17. The topological polar surface area (TPSA) is 57.7 Å². The zero-order valence-corrected chi connectivity index (χ0v) is 16.9. The quantitative estimate of drug-likeness (QED) is 0.762. The van der Waals surface area contributed by atoms with Crippen molar-refractivity contribution in [2.24, 2.45) is 11.3 Å². The minimum absolute atomic E-state index is 0.0185. The maximum absolute atomic E-state index is 13.1. The number of rotatable bonds is 4. The van der Waals surface area contributed by atoms with Crippen LogP contribution in [0.4, 0.5) is 0 Å². The monoisotopic (exact) mass is 370 g/mol. The lowest BCUT2D eigenvalue weighted by atomic mass is 9.94. The molecule has 6 heteroatoms. The van der Waals surface area contributed by atoms with Gasteiger partial charge in [-0.1, -0.05) is 12.8 Å². The van der Waals surface area contributed by atoms with Crippen LogP contribution in [0.1, 0.15) is 58.8 Å². The van der Waals surface area contributed by atoms with Crippen molar-refractivity contribution in [3.63, 3.8) is 0 Å². The van der Waals surface area contributed by atoms with Crippen LogP contribution in [-0.4, -0.2) is 67.9 Å². The van der Waals surface area contributed by atoms with Crippen LogP contribution in [0.3, 0.4) is 0 Å². The number of sulfone groups is 1. The SMILES string of the molecule is CN(C(=O)C1CC12CCS(=O)(=O)CC2)C(C)(C)CN1CCCCCC1. The van der Waals surface area contributed by atoms with Crippen LogP contribution < -0.4 is 0 Å². The predicted molar refractivity (Wildman–Crippen MR) is 100 cm³/mol. The molecule has 3 aliphatic rings. The maximum atomic E-state index is 13.1. The molecule has 3 rings (SSSR count). The van der Waals surface area contributed by atoms with E-state index in [1.807, 2.05) is 11.9 Å². The van der Waals surface area contributed by atoms with Gasteiger partial charge in [-0.05, 0) is 64.5 Å². The Labute approximate surface area is 153 Å². The highest BCUT2D eigenvalue weighted by molar-refractivity contribution is 7.91. The van der Waals surface area contributed by atoms with Gasteiger partial charge in [0.05, 0.1) is 11.5 Å². The molecule has 1 amide bonds. The van der Waals surface area contributed by atoms with Crippen LogP contribution >= 0.6 is 0 Å². The lowest BCUT2D eigenvalue weighted by Crippen LogP contribution is -2.53. The highest BCUT2D eigenvalue weighted by Crippen LogP contribution is 2.60. The van der Waals surface area contributed by atoms with E-state index in [-0.39, 0.29) is 34.3 Å². The lowest BCUT2D eigenvalue weighted by Gasteiger charge is -2.40. The van der Waals surface area contributed by atoms with Crippen molar-refractivity contribution in [1.29, 1.82) is 0 Å². The number of likely N-dealkylation sites (tertiary alicyclic amines) is 1. The zero-order valence-electron chi connectivity index (χ0n) is 16.1. The van der Waals surface area contributed by atoms with Gasteiger partial charge in [0.15, 0.2) is 0 Å². The summed E-state index contributed by atoms with van der Waals surface area (Å²) in [7, 11) is -0.930. The van der Waals surface area contributed by atoms with Crippen molar-refractivity contribution in [2.45, 2.75) is 64.3 Å². The van der Waals surface area contributed by atoms with Gasteiger partial charge in [0, 0.05) is 25.0 Å². The molecule has 1 spiro atoms. The van der Waals surface area contributed by atoms with E-state index in [4.69, 9.17) is 0 Å². The van der Waals surface area contributed by atoms with Gasteiger partial charge in [0.25, 0.3) is 0 Å². The molecule has 0 aromatic rings. The van der Waals surface area contributed by atoms with Crippen molar-refractivity contribution in [3.8, 4) is 0 Å². The predicted octanol–water partition coefficient (Wildman–Crippen LogP) is 2.31. The average molecular weight is 371 g/mol. The molecule has 1 unspecified atom stereocenters. The lowest BCUT2D eigenvalue weighted by molar-refractivity contribution is -0.137. The Hall–Kier alpha value is -0.620. The summed E-state index contributed by atoms with van der Waals surface area (Å²) in [6.45, 7) is 7.52. The molecule has 0 radical (unpaired) electrons. The fourth-order valence-corrected chi connectivity index (χ4v) is 6.31. The highest BCUT2D eigenvalue weighted by Gasteiger charge is 2.60. The first-order valence-electron chi connectivity index (χ1n) is 9.86. The molecule has 1 saturated carbocycles. The minimum atomic E-state index is -2.87. The van der Waals surface area contributed by atoms with Gasteiger partial charge < -0.3 is 9.80 Å². The van der Waals surface area contributed by atoms with Crippen LogP contribution in [0.15, 0.2) is 0 Å². The first kappa shape index (κ1) is 19.2. The third kappa shape index (κ3) is 4.21. The Morgan fingerprint density at radius 1 is 1.12 bits per heavy atom. The molecule has 3 fully saturated rings. The van der Waals surface area contributed by atoms with Crippen LogP contribution in [0.5, 0.6) is 0 Å². The van der Waals surface area contributed by atoms with Gasteiger partial charge in [-0.3, -0.25) is 4.79 Å². The molecule has 2 saturated heterocycles. The molecular formula is C19H34N2O3S. The fraction of sp³-hybridized carbons (Fsp3) is 0.947. The summed E-state index contributed by atoms with van der Waals surface area (Å²) < 4.78 is 23.4. The molecule has 1 atom stereocenters. The normalized spacial score (nSPS) is 29.2. The minimum Gasteiger partial charge on any atom is -0.339 e. The van der Waals surface area contributed by atoms with E-state index < -0.39 is 9.84 Å². The van der Waals surface area contributed by atoms with Crippen molar-refractivity contribution in [1.82, 2.24) is 9.80 Å². The molecule has 0 bridgehead atoms. The smallest absolute Gasteiger partial charge is 0.226 e. The van der Waals surface area contributed by atoms with Gasteiger partial charge in [-0.2, -0.15) is 0 Å². The number of hydrogen-bond donors (Lipinski definition) is 0. The van der Waals surface area contributed by atoms with Gasteiger partial charge in [-0.15, -0.1) is 0 Å². The van der Waals surface area contributed by atoms with Gasteiger partial charge in [-0.25, -0.2) is 8.42 Å². The van der Waals surface area contributed by atoms with E-state index >= 15 is 0 Å². The summed E-state index contributed by atoms with van der Waals surface area (Å²) in [6.07, 6.45) is 7.38. The standard InChI is InChI=1S/C19H34N2O3S/c1-18(2,15-21-10-6-4-5-7-11-21)20(3)17(22)16-14-19(16)8-12-25(23,24)13-9-19/h16H,4-15H2,1-3H3. The van der Waals surface area contributed by atoms with E-state index in [0.717, 1.165) is 26.1 Å². The number of hydrogen-bond acceptors (Lipinski definition) is 4. The molecule has 0 aromatic heterocycles. The highest BCUT2D eigenvalue weighted by atomic mass is 32.2. The Morgan fingerprint density at radius 3 is 2.24 bits per heavy atom. The molecule has 144 valence electrons. The molecule has 2 aliphatic heterocycles. The summed E-state index contributed by atoms with van der Waals surface area (Å²) in [5.74, 6) is 0.783. The molecular weight excluding hydrogens is 336 g/mol. The number of nitrogens with zero attached hydrogens (tertiary/aromatic N) is 2. The van der Waals surface area contributed by atoms with Crippen molar-refractivity contribution in [3.05, 3.63) is 0 Å². The van der Waals surface area contributed by atoms with Crippen LogP contribution in [0.25, 0.3) is 0 Å². The Bertz CT molecular complexity index is 592. The Morgan fingerprint density at radius 2 is 1.68 bits per heavy atom. The van der Waals surface area contributed by atoms with Crippen LogP contribution in [0, 0.1) is 11.3 Å². The number of carbonyl (C=O) groups excluding carboxylic acids is 1. The van der Waals surface area contributed by atoms with Gasteiger partial charge in [0.2, 0.25) is 5.91 Å². The number of likely N-dealkylation sites (N-methyl/N-ethyl adjacent to an activating group) is 1. The Balaban J connectivity index is 1.58. The molecule has 2 heterocycles. The van der Waals surface area contributed by atoms with Crippen molar-refractivity contribution < 1.29 is 13.2 Å². The summed E-state index contributed by atoms with van der Waals surface area (Å²) in [4.78, 5) is 17.5. The van der Waals surface area contributed by atoms with Crippen molar-refractivity contribution in [2.75, 3.05) is 38.2 Å². The second kappa shape index (κ2) is 6.84. The van der Waals surface area contributed by atoms with E-state index in [0.29, 0.717) is 12.8 Å². The van der Waals surface area contributed by atoms with Gasteiger partial charge >= 0.3 is 0 Å². The second-order valence-corrected chi connectivity index (χ2v) is 11.5. The first-order chi connectivity index (χ1) is 11.7. The zero-order chi connectivity index (χ0) is 18.3. The van der Waals surface area contributed by atoms with Gasteiger partial charge in [0.1, 0.15) is 9.84 Å². The molecule has 0 N–H and O–H groups in total. The summed E-state index contributed by atoms with van der Waals surface area (Å²) >= 11 is 0. The molecule has 5 nitrogen and oxygen atoms in total. The summed E-state index contributed by atoms with van der Waals surface area (Å²) in [5.41, 5.74) is -0.207. The molecule has 25 heavy (non-hydrogen) atoms. The molecule has 0 aromatic carbocycles. The van der Waals surface area contributed by atoms with E-state index in [9.17, 15) is 13.2 Å². The van der Waals surface area contributed by atoms with E-state index in [1.165, 1.54) is 25.7 Å². The van der Waals surface area contributed by atoms with Crippen molar-refractivity contribution >= 4 is 15.7 Å². The average Bonchev–Trinajstić information content (AvgIpc) is 3.30. The van der Waals surface area contributed by atoms with E-state index in [2.05, 4.69) is 18.7 Å². The maximum Gasteiger partial charge on any atom is 0.226 e. The van der Waals surface area contributed by atoms with Crippen LogP contribution in [-0.2, 0) is 14.6 Å². The summed E-state index contributed by atoms with van der Waals surface area (Å²) in [5, 5.41) is 0. The number of carbonyl (C=O) groups is 1. The third-order valence-corrected chi connectivity index (χ3v) is 8.51. The summed E-state index contributed by atoms with van der Waals surface area (Å²) in [6, 6.07) is 0. The third-order valence-electron chi connectivity index (χ3n) is 6.86. The molecule has 1 aliphatic carbocycles. The first-order valence-corrected chi connectivity index (χ1v) is 11.7. The van der Waals surface area contributed by atoms with E-state index in [1.54, 1.807) is 0 Å². The number of amides is 1.